The summed E-state index contributed by atoms with van der Waals surface area (Å²) in [7, 11) is -3.77. The van der Waals surface area contributed by atoms with Crippen LogP contribution in [-0.2, 0) is 14.8 Å². The van der Waals surface area contributed by atoms with E-state index >= 15 is 0 Å². The van der Waals surface area contributed by atoms with Gasteiger partial charge in [-0.2, -0.15) is 4.31 Å². The van der Waals surface area contributed by atoms with E-state index in [0.717, 1.165) is 0 Å². The van der Waals surface area contributed by atoms with Gasteiger partial charge in [0.05, 0.1) is 10.9 Å². The predicted molar refractivity (Wildman–Crippen MR) is 95.9 cm³/mol. The van der Waals surface area contributed by atoms with Gasteiger partial charge in [-0.15, -0.1) is 0 Å². The van der Waals surface area contributed by atoms with Crippen LogP contribution in [0.2, 0.25) is 10.0 Å². The second-order valence-electron chi connectivity index (χ2n) is 5.79. The van der Waals surface area contributed by atoms with Gasteiger partial charge in [-0.25, -0.2) is 8.42 Å². The van der Waals surface area contributed by atoms with Crippen molar-refractivity contribution in [3.05, 3.63) is 28.2 Å². The van der Waals surface area contributed by atoms with Crippen LogP contribution in [0.4, 0.5) is 0 Å². The van der Waals surface area contributed by atoms with Crippen molar-refractivity contribution in [3.8, 4) is 0 Å². The standard InChI is InChI=1S/C16H22Cl2N2O3S/c1-3-19(4-2)16(21)12-6-5-9-20(11-12)24(22,23)15-10-13(17)7-8-14(15)18/h7-8,10,12H,3-6,9,11H2,1-2H3/t12-/m1/s1. The van der Waals surface area contributed by atoms with E-state index in [1.165, 1.54) is 16.4 Å². The van der Waals surface area contributed by atoms with E-state index in [4.69, 9.17) is 23.2 Å². The first-order chi connectivity index (χ1) is 11.3. The van der Waals surface area contributed by atoms with Crippen molar-refractivity contribution in [2.45, 2.75) is 31.6 Å². The maximum atomic E-state index is 12.9. The fourth-order valence-corrected chi connectivity index (χ4v) is 5.23. The minimum atomic E-state index is -3.77. The van der Waals surface area contributed by atoms with Gasteiger partial charge in [0.15, 0.2) is 0 Å². The molecule has 1 amide bonds. The lowest BCUT2D eigenvalue weighted by Crippen LogP contribution is -2.46. The zero-order valence-electron chi connectivity index (χ0n) is 13.8. The number of halogens is 2. The Morgan fingerprint density at radius 3 is 2.58 bits per heavy atom. The SMILES string of the molecule is CCN(CC)C(=O)[C@@H]1CCCN(S(=O)(=O)c2cc(Cl)ccc2Cl)C1. The van der Waals surface area contributed by atoms with E-state index in [-0.39, 0.29) is 28.3 Å². The average Bonchev–Trinajstić information content (AvgIpc) is 2.58. The van der Waals surface area contributed by atoms with E-state index in [1.54, 1.807) is 11.0 Å². The lowest BCUT2D eigenvalue weighted by Gasteiger charge is -2.34. The smallest absolute Gasteiger partial charge is 0.244 e. The molecular formula is C16H22Cl2N2O3S. The number of piperidine rings is 1. The maximum Gasteiger partial charge on any atom is 0.244 e. The molecule has 0 N–H and O–H groups in total. The Bertz CT molecular complexity index is 705. The van der Waals surface area contributed by atoms with Crippen molar-refractivity contribution in [2.24, 2.45) is 5.92 Å². The summed E-state index contributed by atoms with van der Waals surface area (Å²) in [5.41, 5.74) is 0. The van der Waals surface area contributed by atoms with Crippen LogP contribution in [0.1, 0.15) is 26.7 Å². The molecule has 2 rings (SSSR count). The molecule has 1 saturated heterocycles. The van der Waals surface area contributed by atoms with Crippen molar-refractivity contribution < 1.29 is 13.2 Å². The van der Waals surface area contributed by atoms with E-state index in [1.807, 2.05) is 13.8 Å². The third-order valence-electron chi connectivity index (χ3n) is 4.32. The summed E-state index contributed by atoms with van der Waals surface area (Å²) >= 11 is 12.0. The summed E-state index contributed by atoms with van der Waals surface area (Å²) in [5, 5.41) is 0.447. The molecule has 1 aliphatic rings. The van der Waals surface area contributed by atoms with Crippen LogP contribution in [0.15, 0.2) is 23.1 Å². The molecule has 1 atom stereocenters. The Hall–Kier alpha value is -0.820. The maximum absolute atomic E-state index is 12.9. The van der Waals surface area contributed by atoms with Crippen molar-refractivity contribution in [3.63, 3.8) is 0 Å². The molecule has 24 heavy (non-hydrogen) atoms. The summed E-state index contributed by atoms with van der Waals surface area (Å²) in [6, 6.07) is 4.38. The minimum Gasteiger partial charge on any atom is -0.343 e. The molecule has 0 bridgehead atoms. The molecule has 1 aliphatic heterocycles. The van der Waals surface area contributed by atoms with Gasteiger partial charge in [0.25, 0.3) is 0 Å². The zero-order valence-corrected chi connectivity index (χ0v) is 16.2. The molecule has 0 spiro atoms. The second kappa shape index (κ2) is 8.04. The molecule has 134 valence electrons. The molecule has 0 unspecified atom stereocenters. The third-order valence-corrected chi connectivity index (χ3v) is 6.90. The predicted octanol–water partition coefficient (Wildman–Crippen LogP) is 3.26. The molecule has 1 heterocycles. The number of hydrogen-bond donors (Lipinski definition) is 0. The third kappa shape index (κ3) is 4.04. The Balaban J connectivity index is 2.25. The number of carbonyl (C=O) groups is 1. The highest BCUT2D eigenvalue weighted by molar-refractivity contribution is 7.89. The van der Waals surface area contributed by atoms with Gasteiger partial charge < -0.3 is 4.90 Å². The van der Waals surface area contributed by atoms with Crippen LogP contribution in [0.5, 0.6) is 0 Å². The van der Waals surface area contributed by atoms with Gasteiger partial charge >= 0.3 is 0 Å². The molecule has 0 aliphatic carbocycles. The number of carbonyl (C=O) groups excluding carboxylic acids is 1. The minimum absolute atomic E-state index is 0.00685. The first-order valence-corrected chi connectivity index (χ1v) is 10.2. The molecule has 0 aromatic heterocycles. The first-order valence-electron chi connectivity index (χ1n) is 8.05. The molecule has 1 aromatic carbocycles. The highest BCUT2D eigenvalue weighted by Crippen LogP contribution is 2.30. The van der Waals surface area contributed by atoms with Crippen LogP contribution in [0, 0.1) is 5.92 Å². The van der Waals surface area contributed by atoms with Crippen molar-refractivity contribution >= 4 is 39.1 Å². The Kier molecular flexibility index (Phi) is 6.53. The highest BCUT2D eigenvalue weighted by Gasteiger charge is 2.35. The number of nitrogens with zero attached hydrogens (tertiary/aromatic N) is 2. The van der Waals surface area contributed by atoms with Crippen LogP contribution >= 0.6 is 23.2 Å². The van der Waals surface area contributed by atoms with Crippen molar-refractivity contribution in [1.29, 1.82) is 0 Å². The number of amides is 1. The summed E-state index contributed by atoms with van der Waals surface area (Å²) < 4.78 is 27.1. The average molecular weight is 393 g/mol. The lowest BCUT2D eigenvalue weighted by atomic mass is 9.98. The number of benzene rings is 1. The molecule has 5 nitrogen and oxygen atoms in total. The normalized spacial score (nSPS) is 19.2. The zero-order chi connectivity index (χ0) is 17.9. The van der Waals surface area contributed by atoms with Gasteiger partial charge in [0.2, 0.25) is 15.9 Å². The highest BCUT2D eigenvalue weighted by atomic mass is 35.5. The fraction of sp³-hybridized carbons (Fsp3) is 0.562. The summed E-state index contributed by atoms with van der Waals surface area (Å²) in [4.78, 5) is 14.3. The molecule has 1 aromatic rings. The monoisotopic (exact) mass is 392 g/mol. The fourth-order valence-electron chi connectivity index (χ4n) is 2.97. The van der Waals surface area contributed by atoms with Crippen LogP contribution in [0.3, 0.4) is 0 Å². The molecular weight excluding hydrogens is 371 g/mol. The van der Waals surface area contributed by atoms with Gasteiger partial charge in [-0.3, -0.25) is 4.79 Å². The molecule has 0 radical (unpaired) electrons. The Labute approximate surface area is 153 Å². The molecule has 8 heteroatoms. The van der Waals surface area contributed by atoms with Crippen LogP contribution < -0.4 is 0 Å². The van der Waals surface area contributed by atoms with E-state index < -0.39 is 10.0 Å². The summed E-state index contributed by atoms with van der Waals surface area (Å²) in [5.74, 6) is -0.302. The van der Waals surface area contributed by atoms with E-state index in [9.17, 15) is 13.2 Å². The van der Waals surface area contributed by atoms with E-state index in [0.29, 0.717) is 37.5 Å². The Morgan fingerprint density at radius 1 is 1.29 bits per heavy atom. The lowest BCUT2D eigenvalue weighted by molar-refractivity contribution is -0.136. The van der Waals surface area contributed by atoms with Gasteiger partial charge in [-0.1, -0.05) is 23.2 Å². The summed E-state index contributed by atoms with van der Waals surface area (Å²) in [6.45, 7) is 5.65. The topological polar surface area (TPSA) is 57.7 Å². The van der Waals surface area contributed by atoms with Crippen molar-refractivity contribution in [2.75, 3.05) is 26.2 Å². The molecule has 0 saturated carbocycles. The van der Waals surface area contributed by atoms with Crippen LogP contribution in [-0.4, -0.2) is 49.7 Å². The largest absolute Gasteiger partial charge is 0.343 e. The molecule has 1 fully saturated rings. The summed E-state index contributed by atoms with van der Waals surface area (Å²) in [6.07, 6.45) is 1.35. The first kappa shape index (κ1) is 19.5. The number of sulfonamides is 1. The van der Waals surface area contributed by atoms with Crippen LogP contribution in [0.25, 0.3) is 0 Å². The Morgan fingerprint density at radius 2 is 1.96 bits per heavy atom. The van der Waals surface area contributed by atoms with E-state index in [2.05, 4.69) is 0 Å². The van der Waals surface area contributed by atoms with Gasteiger partial charge in [0.1, 0.15) is 4.90 Å². The number of rotatable bonds is 5. The van der Waals surface area contributed by atoms with Crippen molar-refractivity contribution in [1.82, 2.24) is 9.21 Å². The van der Waals surface area contributed by atoms with Gasteiger partial charge in [-0.05, 0) is 44.9 Å². The van der Waals surface area contributed by atoms with Gasteiger partial charge in [0, 0.05) is 31.2 Å². The number of hydrogen-bond acceptors (Lipinski definition) is 3. The quantitative estimate of drug-likeness (QED) is 0.772. The second-order valence-corrected chi connectivity index (χ2v) is 8.54.